The predicted octanol–water partition coefficient (Wildman–Crippen LogP) is 1.22. The molecule has 1 aliphatic heterocycles. The molecule has 0 spiro atoms. The minimum Gasteiger partial charge on any atom is -0.409 e. The van der Waals surface area contributed by atoms with Gasteiger partial charge in [0.25, 0.3) is 0 Å². The average molecular weight is 256 g/mol. The van der Waals surface area contributed by atoms with Crippen LogP contribution in [0.1, 0.15) is 39.5 Å². The van der Waals surface area contributed by atoms with Crippen LogP contribution in [0.15, 0.2) is 5.16 Å². The second kappa shape index (κ2) is 6.95. The summed E-state index contributed by atoms with van der Waals surface area (Å²) in [5, 5.41) is 15.3. The topological polar surface area (TPSA) is 73.9 Å². The van der Waals surface area contributed by atoms with Crippen molar-refractivity contribution in [2.75, 3.05) is 26.7 Å². The summed E-state index contributed by atoms with van der Waals surface area (Å²) in [5.74, 6) is 0.305. The molecule has 5 nitrogen and oxygen atoms in total. The molecule has 1 rings (SSSR count). The largest absolute Gasteiger partial charge is 0.409 e. The Bertz CT molecular complexity index is 278. The van der Waals surface area contributed by atoms with E-state index in [1.165, 1.54) is 25.8 Å². The summed E-state index contributed by atoms with van der Waals surface area (Å²) in [7, 11) is 2.20. The number of likely N-dealkylation sites (N-methyl/N-ethyl adjacent to an activating group) is 1. The van der Waals surface area contributed by atoms with E-state index in [0.29, 0.717) is 11.9 Å². The van der Waals surface area contributed by atoms with E-state index in [9.17, 15) is 0 Å². The number of piperidine rings is 1. The van der Waals surface area contributed by atoms with E-state index >= 15 is 0 Å². The zero-order valence-corrected chi connectivity index (χ0v) is 11.9. The summed E-state index contributed by atoms with van der Waals surface area (Å²) in [6, 6.07) is 0.658. The summed E-state index contributed by atoms with van der Waals surface area (Å²) in [5.41, 5.74) is 5.41. The highest BCUT2D eigenvalue weighted by molar-refractivity contribution is 5.85. The molecule has 106 valence electrons. The lowest BCUT2D eigenvalue weighted by atomic mass is 9.88. The van der Waals surface area contributed by atoms with Crippen LogP contribution >= 0.6 is 0 Å². The van der Waals surface area contributed by atoms with Crippen LogP contribution in [0.4, 0.5) is 0 Å². The Morgan fingerprint density at radius 1 is 1.50 bits per heavy atom. The summed E-state index contributed by atoms with van der Waals surface area (Å²) >= 11 is 0. The van der Waals surface area contributed by atoms with Gasteiger partial charge in [0.2, 0.25) is 0 Å². The van der Waals surface area contributed by atoms with Gasteiger partial charge in [-0.05, 0) is 39.4 Å². The third kappa shape index (κ3) is 4.46. The Hall–Kier alpha value is -0.810. The molecule has 0 aliphatic carbocycles. The highest BCUT2D eigenvalue weighted by Crippen LogP contribution is 2.19. The Balaban J connectivity index is 2.22. The summed E-state index contributed by atoms with van der Waals surface area (Å²) in [6.07, 6.45) is 4.82. The van der Waals surface area contributed by atoms with Crippen LogP contribution in [0.25, 0.3) is 0 Å². The van der Waals surface area contributed by atoms with Gasteiger partial charge in [0.1, 0.15) is 5.84 Å². The van der Waals surface area contributed by atoms with Gasteiger partial charge in [-0.25, -0.2) is 0 Å². The molecule has 0 saturated carbocycles. The van der Waals surface area contributed by atoms with E-state index in [0.717, 1.165) is 19.5 Å². The highest BCUT2D eigenvalue weighted by Gasteiger charge is 2.23. The van der Waals surface area contributed by atoms with Gasteiger partial charge < -0.3 is 21.2 Å². The van der Waals surface area contributed by atoms with E-state index in [4.69, 9.17) is 10.9 Å². The van der Waals surface area contributed by atoms with Crippen molar-refractivity contribution in [2.45, 2.75) is 45.6 Å². The zero-order valence-electron chi connectivity index (χ0n) is 11.9. The van der Waals surface area contributed by atoms with Crippen LogP contribution in [-0.2, 0) is 0 Å². The van der Waals surface area contributed by atoms with Gasteiger partial charge in [0.15, 0.2) is 0 Å². The average Bonchev–Trinajstić information content (AvgIpc) is 2.35. The maximum atomic E-state index is 8.70. The van der Waals surface area contributed by atoms with Crippen molar-refractivity contribution in [3.63, 3.8) is 0 Å². The third-order valence-electron chi connectivity index (χ3n) is 4.03. The van der Waals surface area contributed by atoms with Crippen molar-refractivity contribution in [2.24, 2.45) is 16.3 Å². The van der Waals surface area contributed by atoms with Gasteiger partial charge in [-0.1, -0.05) is 25.4 Å². The van der Waals surface area contributed by atoms with Gasteiger partial charge in [-0.2, -0.15) is 0 Å². The summed E-state index contributed by atoms with van der Waals surface area (Å²) in [6.45, 7) is 7.13. The molecule has 1 heterocycles. The molecule has 1 aliphatic rings. The van der Waals surface area contributed by atoms with Crippen molar-refractivity contribution in [1.29, 1.82) is 0 Å². The summed E-state index contributed by atoms with van der Waals surface area (Å²) < 4.78 is 0. The quantitative estimate of drug-likeness (QED) is 0.220. The van der Waals surface area contributed by atoms with Crippen LogP contribution in [0, 0.1) is 5.41 Å². The molecule has 0 aromatic heterocycles. The first-order valence-electron chi connectivity index (χ1n) is 6.86. The molecular formula is C13H28N4O. The second-order valence-electron chi connectivity index (χ2n) is 5.95. The lowest BCUT2D eigenvalue weighted by Crippen LogP contribution is -2.44. The third-order valence-corrected chi connectivity index (χ3v) is 4.03. The lowest BCUT2D eigenvalue weighted by molar-refractivity contribution is 0.181. The molecule has 0 radical (unpaired) electrons. The van der Waals surface area contributed by atoms with Gasteiger partial charge in [-0.3, -0.25) is 0 Å². The van der Waals surface area contributed by atoms with Crippen molar-refractivity contribution >= 4 is 5.84 Å². The van der Waals surface area contributed by atoms with Gasteiger partial charge >= 0.3 is 0 Å². The molecule has 1 unspecified atom stereocenters. The van der Waals surface area contributed by atoms with E-state index < -0.39 is 0 Å². The molecule has 18 heavy (non-hydrogen) atoms. The number of nitrogens with zero attached hydrogens (tertiary/aromatic N) is 2. The fourth-order valence-corrected chi connectivity index (χ4v) is 2.34. The molecule has 0 bridgehead atoms. The second-order valence-corrected chi connectivity index (χ2v) is 5.95. The Labute approximate surface area is 110 Å². The Morgan fingerprint density at radius 3 is 2.83 bits per heavy atom. The van der Waals surface area contributed by atoms with Crippen molar-refractivity contribution < 1.29 is 5.21 Å². The van der Waals surface area contributed by atoms with E-state index in [2.05, 4.69) is 22.4 Å². The first kappa shape index (κ1) is 15.2. The molecule has 5 heteroatoms. The standard InChI is InChI=1S/C13H28N4O/c1-13(2,12(14)16-18)7-8-15-10-11-6-4-5-9-17(11)3/h11,15,18H,4-10H2,1-3H3,(H2,14,16). The molecule has 1 saturated heterocycles. The van der Waals surface area contributed by atoms with Crippen LogP contribution in [0.2, 0.25) is 0 Å². The van der Waals surface area contributed by atoms with Gasteiger partial charge in [0, 0.05) is 18.0 Å². The number of amidine groups is 1. The van der Waals surface area contributed by atoms with Crippen LogP contribution in [-0.4, -0.2) is 48.7 Å². The van der Waals surface area contributed by atoms with Gasteiger partial charge in [0.05, 0.1) is 0 Å². The van der Waals surface area contributed by atoms with Crippen molar-refractivity contribution in [3.05, 3.63) is 0 Å². The van der Waals surface area contributed by atoms with Crippen LogP contribution < -0.4 is 11.1 Å². The number of oxime groups is 1. The van der Waals surface area contributed by atoms with Crippen LogP contribution in [0.3, 0.4) is 0 Å². The summed E-state index contributed by atoms with van der Waals surface area (Å²) in [4.78, 5) is 2.44. The lowest BCUT2D eigenvalue weighted by Gasteiger charge is -2.33. The Morgan fingerprint density at radius 2 is 2.22 bits per heavy atom. The maximum absolute atomic E-state index is 8.70. The highest BCUT2D eigenvalue weighted by atomic mass is 16.4. The van der Waals surface area contributed by atoms with Crippen molar-refractivity contribution in [1.82, 2.24) is 10.2 Å². The fourth-order valence-electron chi connectivity index (χ4n) is 2.34. The van der Waals surface area contributed by atoms with E-state index in [1.807, 2.05) is 13.8 Å². The molecule has 1 fully saturated rings. The van der Waals surface area contributed by atoms with Gasteiger partial charge in [-0.15, -0.1) is 0 Å². The van der Waals surface area contributed by atoms with Crippen LogP contribution in [0.5, 0.6) is 0 Å². The zero-order chi connectivity index (χ0) is 13.6. The Kier molecular flexibility index (Phi) is 5.88. The number of nitrogens with two attached hydrogens (primary N) is 1. The number of hydrogen-bond donors (Lipinski definition) is 3. The first-order valence-corrected chi connectivity index (χ1v) is 6.86. The molecule has 0 amide bonds. The maximum Gasteiger partial charge on any atom is 0.144 e. The predicted molar refractivity (Wildman–Crippen MR) is 74.9 cm³/mol. The molecular weight excluding hydrogens is 228 g/mol. The smallest absolute Gasteiger partial charge is 0.144 e. The number of hydrogen-bond acceptors (Lipinski definition) is 4. The van der Waals surface area contributed by atoms with E-state index in [-0.39, 0.29) is 5.41 Å². The number of likely N-dealkylation sites (tertiary alicyclic amines) is 1. The molecule has 0 aromatic rings. The number of nitrogens with one attached hydrogen (secondary N) is 1. The first-order chi connectivity index (χ1) is 8.47. The monoisotopic (exact) mass is 256 g/mol. The molecule has 0 aromatic carbocycles. The minimum atomic E-state index is -0.250. The normalized spacial score (nSPS) is 23.3. The molecule has 1 atom stereocenters. The fraction of sp³-hybridized carbons (Fsp3) is 0.923. The SMILES string of the molecule is CN1CCCCC1CNCCC(C)(C)C(N)=NO. The molecule has 4 N–H and O–H groups in total. The number of rotatable bonds is 6. The minimum absolute atomic E-state index is 0.250. The van der Waals surface area contributed by atoms with E-state index in [1.54, 1.807) is 0 Å². The van der Waals surface area contributed by atoms with Crippen molar-refractivity contribution in [3.8, 4) is 0 Å².